The van der Waals surface area contributed by atoms with Crippen LogP contribution in [0.4, 0.5) is 0 Å². The van der Waals surface area contributed by atoms with E-state index in [2.05, 4.69) is 15.0 Å². The predicted molar refractivity (Wildman–Crippen MR) is 132 cm³/mol. The Morgan fingerprint density at radius 1 is 0.971 bits per heavy atom. The van der Waals surface area contributed by atoms with Crippen LogP contribution >= 0.6 is 0 Å². The number of sulfonamides is 1. The van der Waals surface area contributed by atoms with Crippen molar-refractivity contribution in [2.45, 2.75) is 23.8 Å². The number of amides is 1. The zero-order valence-electron chi connectivity index (χ0n) is 19.0. The van der Waals surface area contributed by atoms with E-state index in [1.807, 2.05) is 60.8 Å². The van der Waals surface area contributed by atoms with Crippen molar-refractivity contribution in [3.63, 3.8) is 0 Å². The average molecular weight is 478 g/mol. The highest BCUT2D eigenvalue weighted by molar-refractivity contribution is 7.89. The second-order valence-corrected chi connectivity index (χ2v) is 9.73. The summed E-state index contributed by atoms with van der Waals surface area (Å²) < 4.78 is 32.9. The van der Waals surface area contributed by atoms with E-state index in [-0.39, 0.29) is 10.8 Å². The lowest BCUT2D eigenvalue weighted by molar-refractivity contribution is -0.122. The molecule has 4 rings (SSSR count). The molecule has 7 nitrogen and oxygen atoms in total. The minimum absolute atomic E-state index is 0.0638. The number of aromatic nitrogens is 1. The van der Waals surface area contributed by atoms with E-state index in [9.17, 15) is 13.2 Å². The van der Waals surface area contributed by atoms with E-state index in [4.69, 9.17) is 4.74 Å². The number of methoxy groups -OCH3 is 1. The monoisotopic (exact) mass is 477 g/mol. The third kappa shape index (κ3) is 5.13. The standard InChI is InChI=1S/C26H27N3O4S/c1-18(29-34(31,32)21-14-12-20(33-2)13-15-21)26(30)28-16-23(19-8-4-3-5-9-19)24-17-27-25-11-7-6-10-22(24)25/h3-15,17-18,23,27,29H,16H2,1-2H3,(H,28,30)/t18-,23?/m0/s1. The van der Waals surface area contributed by atoms with Gasteiger partial charge in [-0.2, -0.15) is 4.72 Å². The van der Waals surface area contributed by atoms with E-state index in [1.54, 1.807) is 12.1 Å². The van der Waals surface area contributed by atoms with Crippen molar-refractivity contribution in [3.8, 4) is 5.75 Å². The molecule has 34 heavy (non-hydrogen) atoms. The number of hydrogen-bond acceptors (Lipinski definition) is 4. The molecule has 3 aromatic carbocycles. The van der Waals surface area contributed by atoms with Crippen LogP contribution in [-0.2, 0) is 14.8 Å². The number of fused-ring (bicyclic) bond motifs is 1. The van der Waals surface area contributed by atoms with Gasteiger partial charge in [0.15, 0.2) is 0 Å². The lowest BCUT2D eigenvalue weighted by Crippen LogP contribution is -2.45. The number of H-pyrrole nitrogens is 1. The number of hydrogen-bond donors (Lipinski definition) is 3. The van der Waals surface area contributed by atoms with Gasteiger partial charge < -0.3 is 15.0 Å². The molecule has 0 fully saturated rings. The van der Waals surface area contributed by atoms with Gasteiger partial charge in [0, 0.05) is 29.6 Å². The summed E-state index contributed by atoms with van der Waals surface area (Å²) in [6, 6.07) is 23.0. The van der Waals surface area contributed by atoms with Crippen molar-refractivity contribution in [1.29, 1.82) is 0 Å². The normalized spacial score (nSPS) is 13.4. The smallest absolute Gasteiger partial charge is 0.241 e. The molecule has 1 heterocycles. The van der Waals surface area contributed by atoms with Crippen molar-refractivity contribution in [1.82, 2.24) is 15.0 Å². The van der Waals surface area contributed by atoms with Gasteiger partial charge in [-0.05, 0) is 48.4 Å². The molecule has 1 unspecified atom stereocenters. The first kappa shape index (κ1) is 23.5. The SMILES string of the molecule is COc1ccc(S(=O)(=O)N[C@@H](C)C(=O)NCC(c2ccccc2)c2c[nH]c3ccccc23)cc1. The molecule has 0 aliphatic heterocycles. The summed E-state index contributed by atoms with van der Waals surface area (Å²) in [6.07, 6.45) is 1.96. The van der Waals surface area contributed by atoms with E-state index < -0.39 is 22.0 Å². The molecule has 0 bridgehead atoms. The topological polar surface area (TPSA) is 100 Å². The van der Waals surface area contributed by atoms with Crippen LogP contribution in [0.2, 0.25) is 0 Å². The molecule has 8 heteroatoms. The van der Waals surface area contributed by atoms with E-state index in [0.29, 0.717) is 12.3 Å². The Morgan fingerprint density at radius 3 is 2.35 bits per heavy atom. The van der Waals surface area contributed by atoms with Crippen LogP contribution < -0.4 is 14.8 Å². The second-order valence-electron chi connectivity index (χ2n) is 8.02. The summed E-state index contributed by atoms with van der Waals surface area (Å²) in [7, 11) is -2.36. The molecule has 0 saturated carbocycles. The quantitative estimate of drug-likeness (QED) is 0.341. The molecule has 0 saturated heterocycles. The molecule has 2 atom stereocenters. The van der Waals surface area contributed by atoms with Crippen LogP contribution in [-0.4, -0.2) is 39.0 Å². The number of para-hydroxylation sites is 1. The van der Waals surface area contributed by atoms with Gasteiger partial charge in [0.05, 0.1) is 18.0 Å². The Kier molecular flexibility index (Phi) is 7.00. The lowest BCUT2D eigenvalue weighted by atomic mass is 9.91. The first-order valence-corrected chi connectivity index (χ1v) is 12.4. The van der Waals surface area contributed by atoms with Gasteiger partial charge in [0.2, 0.25) is 15.9 Å². The number of ether oxygens (including phenoxy) is 1. The van der Waals surface area contributed by atoms with Crippen LogP contribution in [0.15, 0.2) is 90.0 Å². The summed E-state index contributed by atoms with van der Waals surface area (Å²) in [5.41, 5.74) is 3.14. The lowest BCUT2D eigenvalue weighted by Gasteiger charge is -2.20. The fraction of sp³-hybridized carbons (Fsp3) is 0.192. The molecule has 176 valence electrons. The van der Waals surface area contributed by atoms with Crippen molar-refractivity contribution < 1.29 is 17.9 Å². The van der Waals surface area contributed by atoms with Crippen LogP contribution in [0.5, 0.6) is 5.75 Å². The molecule has 4 aromatic rings. The van der Waals surface area contributed by atoms with Gasteiger partial charge in [-0.3, -0.25) is 4.79 Å². The van der Waals surface area contributed by atoms with Gasteiger partial charge in [-0.25, -0.2) is 8.42 Å². The highest BCUT2D eigenvalue weighted by Crippen LogP contribution is 2.30. The summed E-state index contributed by atoms with van der Waals surface area (Å²) in [5.74, 6) is 0.0403. The molecule has 0 spiro atoms. The van der Waals surface area contributed by atoms with E-state index >= 15 is 0 Å². The van der Waals surface area contributed by atoms with Gasteiger partial charge in [0.1, 0.15) is 5.75 Å². The Morgan fingerprint density at radius 2 is 1.65 bits per heavy atom. The maximum atomic E-state index is 12.9. The van der Waals surface area contributed by atoms with Crippen molar-refractivity contribution in [2.24, 2.45) is 0 Å². The van der Waals surface area contributed by atoms with Crippen molar-refractivity contribution in [3.05, 3.63) is 96.2 Å². The van der Waals surface area contributed by atoms with Gasteiger partial charge in [-0.1, -0.05) is 48.5 Å². The summed E-state index contributed by atoms with van der Waals surface area (Å²) >= 11 is 0. The minimum atomic E-state index is -3.86. The molecule has 3 N–H and O–H groups in total. The van der Waals surface area contributed by atoms with Crippen molar-refractivity contribution >= 4 is 26.8 Å². The number of carbonyl (C=O) groups is 1. The first-order valence-electron chi connectivity index (χ1n) is 10.9. The highest BCUT2D eigenvalue weighted by atomic mass is 32.2. The van der Waals surface area contributed by atoms with Gasteiger partial charge in [0.25, 0.3) is 0 Å². The largest absolute Gasteiger partial charge is 0.497 e. The third-order valence-corrected chi connectivity index (χ3v) is 7.33. The molecule has 0 aliphatic rings. The minimum Gasteiger partial charge on any atom is -0.497 e. The van der Waals surface area contributed by atoms with Gasteiger partial charge in [-0.15, -0.1) is 0 Å². The van der Waals surface area contributed by atoms with E-state index in [1.165, 1.54) is 26.2 Å². The van der Waals surface area contributed by atoms with Crippen LogP contribution in [0.25, 0.3) is 10.9 Å². The number of benzene rings is 3. The Balaban J connectivity index is 1.49. The average Bonchev–Trinajstić information content (AvgIpc) is 3.28. The number of carbonyl (C=O) groups excluding carboxylic acids is 1. The summed E-state index contributed by atoms with van der Waals surface area (Å²) in [4.78, 5) is 16.2. The fourth-order valence-corrected chi connectivity index (χ4v) is 5.14. The molecule has 1 aromatic heterocycles. The zero-order valence-corrected chi connectivity index (χ0v) is 19.8. The molecule has 0 radical (unpaired) electrons. The maximum absolute atomic E-state index is 12.9. The number of aromatic amines is 1. The Labute approximate surface area is 199 Å². The maximum Gasteiger partial charge on any atom is 0.241 e. The summed E-state index contributed by atoms with van der Waals surface area (Å²) in [6.45, 7) is 1.85. The summed E-state index contributed by atoms with van der Waals surface area (Å²) in [5, 5.41) is 4.01. The van der Waals surface area contributed by atoms with Crippen LogP contribution in [0.3, 0.4) is 0 Å². The fourth-order valence-electron chi connectivity index (χ4n) is 3.94. The third-order valence-electron chi connectivity index (χ3n) is 5.77. The van der Waals surface area contributed by atoms with Crippen LogP contribution in [0, 0.1) is 0 Å². The van der Waals surface area contributed by atoms with Crippen LogP contribution in [0.1, 0.15) is 24.0 Å². The Bertz CT molecular complexity index is 1370. The first-order chi connectivity index (χ1) is 16.4. The van der Waals surface area contributed by atoms with E-state index in [0.717, 1.165) is 22.0 Å². The van der Waals surface area contributed by atoms with Crippen molar-refractivity contribution in [2.75, 3.05) is 13.7 Å². The molecule has 1 amide bonds. The molecular formula is C26H27N3O4S. The molecule has 0 aliphatic carbocycles. The zero-order chi connectivity index (χ0) is 24.1. The predicted octanol–water partition coefficient (Wildman–Crippen LogP) is 3.79. The number of nitrogens with one attached hydrogen (secondary N) is 3. The number of rotatable bonds is 9. The van der Waals surface area contributed by atoms with Gasteiger partial charge >= 0.3 is 0 Å². The highest BCUT2D eigenvalue weighted by Gasteiger charge is 2.24. The Hall–Kier alpha value is -3.62. The molecular weight excluding hydrogens is 450 g/mol. The second kappa shape index (κ2) is 10.1.